The number of halogens is 1. The van der Waals surface area contributed by atoms with E-state index in [4.69, 9.17) is 9.47 Å². The van der Waals surface area contributed by atoms with Gasteiger partial charge >= 0.3 is 0 Å². The number of ether oxygens (including phenoxy) is 2. The average molecular weight is 220 g/mol. The molecule has 0 radical (unpaired) electrons. The Kier molecular flexibility index (Phi) is 3.45. The highest BCUT2D eigenvalue weighted by Crippen LogP contribution is 2.13. The van der Waals surface area contributed by atoms with Crippen LogP contribution in [0.25, 0.3) is 0 Å². The van der Waals surface area contributed by atoms with Crippen molar-refractivity contribution in [3.05, 3.63) is 24.1 Å². The number of alkyl halides is 1. The standard InChI is InChI=1S/C7H10BrNO2/c1-10-5-11-6-3-2-4-9-7(6)8/h2-4,7,9H,5H2,1H3. The van der Waals surface area contributed by atoms with E-state index in [1.807, 2.05) is 18.4 Å². The van der Waals surface area contributed by atoms with Gasteiger partial charge < -0.3 is 14.8 Å². The third kappa shape index (κ3) is 2.55. The van der Waals surface area contributed by atoms with Crippen molar-refractivity contribution >= 4 is 15.9 Å². The number of methoxy groups -OCH3 is 1. The van der Waals surface area contributed by atoms with Crippen molar-refractivity contribution in [2.24, 2.45) is 0 Å². The van der Waals surface area contributed by atoms with E-state index in [2.05, 4.69) is 21.2 Å². The Morgan fingerprint density at radius 1 is 1.73 bits per heavy atom. The molecule has 0 fully saturated rings. The van der Waals surface area contributed by atoms with E-state index in [1.54, 1.807) is 7.11 Å². The van der Waals surface area contributed by atoms with Crippen LogP contribution in [-0.2, 0) is 9.47 Å². The fourth-order valence-corrected chi connectivity index (χ4v) is 1.14. The zero-order chi connectivity index (χ0) is 8.10. The Labute approximate surface area is 74.2 Å². The van der Waals surface area contributed by atoms with E-state index in [0.29, 0.717) is 0 Å². The molecule has 0 aliphatic carbocycles. The maximum Gasteiger partial charge on any atom is 0.188 e. The van der Waals surface area contributed by atoms with E-state index in [9.17, 15) is 0 Å². The molecule has 1 rings (SSSR count). The third-order valence-corrected chi connectivity index (χ3v) is 1.91. The number of dihydropyridines is 1. The molecule has 1 N–H and O–H groups in total. The van der Waals surface area contributed by atoms with Crippen molar-refractivity contribution in [1.82, 2.24) is 5.32 Å². The maximum absolute atomic E-state index is 5.22. The minimum Gasteiger partial charge on any atom is -0.469 e. The number of hydrogen-bond acceptors (Lipinski definition) is 3. The Bertz CT molecular complexity index is 179. The Morgan fingerprint density at radius 3 is 3.18 bits per heavy atom. The topological polar surface area (TPSA) is 30.5 Å². The molecule has 0 aromatic carbocycles. The summed E-state index contributed by atoms with van der Waals surface area (Å²) in [5.74, 6) is 0.828. The summed E-state index contributed by atoms with van der Waals surface area (Å²) in [7, 11) is 1.59. The number of hydrogen-bond donors (Lipinski definition) is 1. The lowest BCUT2D eigenvalue weighted by Gasteiger charge is -2.17. The Morgan fingerprint density at radius 2 is 2.55 bits per heavy atom. The van der Waals surface area contributed by atoms with Crippen LogP contribution in [0.2, 0.25) is 0 Å². The molecule has 0 bridgehead atoms. The molecule has 0 aromatic rings. The lowest BCUT2D eigenvalue weighted by atomic mass is 10.3. The van der Waals surface area contributed by atoms with Crippen molar-refractivity contribution < 1.29 is 9.47 Å². The van der Waals surface area contributed by atoms with Gasteiger partial charge in [-0.15, -0.1) is 0 Å². The van der Waals surface area contributed by atoms with Gasteiger partial charge in [-0.25, -0.2) is 0 Å². The monoisotopic (exact) mass is 219 g/mol. The van der Waals surface area contributed by atoms with E-state index in [1.165, 1.54) is 0 Å². The predicted molar refractivity (Wildman–Crippen MR) is 46.0 cm³/mol. The quantitative estimate of drug-likeness (QED) is 0.442. The van der Waals surface area contributed by atoms with Crippen LogP contribution in [0.3, 0.4) is 0 Å². The summed E-state index contributed by atoms with van der Waals surface area (Å²) in [5, 5.41) is 3.03. The number of allylic oxidation sites excluding steroid dienone is 2. The second-order valence-corrected chi connectivity index (χ2v) is 2.92. The molecule has 0 amide bonds. The van der Waals surface area contributed by atoms with E-state index < -0.39 is 0 Å². The fourth-order valence-electron chi connectivity index (χ4n) is 0.698. The van der Waals surface area contributed by atoms with Crippen LogP contribution in [0.1, 0.15) is 0 Å². The fraction of sp³-hybridized carbons (Fsp3) is 0.429. The Balaban J connectivity index is 2.40. The highest BCUT2D eigenvalue weighted by Gasteiger charge is 2.10. The van der Waals surface area contributed by atoms with Crippen LogP contribution in [0.5, 0.6) is 0 Å². The lowest BCUT2D eigenvalue weighted by molar-refractivity contribution is 0.00268. The molecule has 4 heteroatoms. The lowest BCUT2D eigenvalue weighted by Crippen LogP contribution is -2.23. The SMILES string of the molecule is COCOC1=CC=CNC1Br. The van der Waals surface area contributed by atoms with Gasteiger partial charge in [-0.3, -0.25) is 0 Å². The first-order chi connectivity index (χ1) is 5.34. The molecular weight excluding hydrogens is 210 g/mol. The molecule has 11 heavy (non-hydrogen) atoms. The van der Waals surface area contributed by atoms with Crippen LogP contribution < -0.4 is 5.32 Å². The smallest absolute Gasteiger partial charge is 0.188 e. The van der Waals surface area contributed by atoms with Crippen LogP contribution in [0.4, 0.5) is 0 Å². The minimum absolute atomic E-state index is 0.0580. The maximum atomic E-state index is 5.22. The summed E-state index contributed by atoms with van der Waals surface area (Å²) in [6, 6.07) is 0. The second kappa shape index (κ2) is 4.41. The van der Waals surface area contributed by atoms with Gasteiger partial charge in [0.1, 0.15) is 10.7 Å². The van der Waals surface area contributed by atoms with Gasteiger partial charge in [0.05, 0.1) is 0 Å². The second-order valence-electron chi connectivity index (χ2n) is 2.01. The first-order valence-corrected chi connectivity index (χ1v) is 4.14. The summed E-state index contributed by atoms with van der Waals surface area (Å²) in [6.07, 6.45) is 5.61. The van der Waals surface area contributed by atoms with Gasteiger partial charge in [-0.2, -0.15) is 0 Å². The molecule has 0 saturated carbocycles. The van der Waals surface area contributed by atoms with Crippen molar-refractivity contribution in [2.75, 3.05) is 13.9 Å². The minimum atomic E-state index is 0.0580. The molecule has 62 valence electrons. The number of nitrogens with one attached hydrogen (secondary N) is 1. The predicted octanol–water partition coefficient (Wildman–Crippen LogP) is 1.33. The van der Waals surface area contributed by atoms with Crippen LogP contribution in [0.15, 0.2) is 24.1 Å². The van der Waals surface area contributed by atoms with Crippen LogP contribution in [0, 0.1) is 0 Å². The van der Waals surface area contributed by atoms with Gasteiger partial charge in [-0.05, 0) is 18.4 Å². The Hall–Kier alpha value is -0.480. The molecule has 1 atom stereocenters. The van der Waals surface area contributed by atoms with Crippen molar-refractivity contribution in [3.8, 4) is 0 Å². The van der Waals surface area contributed by atoms with E-state index in [0.717, 1.165) is 5.76 Å². The van der Waals surface area contributed by atoms with Gasteiger partial charge in [0.2, 0.25) is 0 Å². The summed E-state index contributed by atoms with van der Waals surface area (Å²) in [4.78, 5) is 0.0580. The van der Waals surface area contributed by atoms with E-state index >= 15 is 0 Å². The van der Waals surface area contributed by atoms with Gasteiger partial charge in [0.15, 0.2) is 6.79 Å². The zero-order valence-corrected chi connectivity index (χ0v) is 7.80. The summed E-state index contributed by atoms with van der Waals surface area (Å²) in [5.41, 5.74) is 0. The van der Waals surface area contributed by atoms with Crippen molar-refractivity contribution in [1.29, 1.82) is 0 Å². The summed E-state index contributed by atoms with van der Waals surface area (Å²) in [6.45, 7) is 0.281. The molecule has 0 aromatic heterocycles. The molecule has 1 unspecified atom stereocenters. The highest BCUT2D eigenvalue weighted by atomic mass is 79.9. The molecule has 1 aliphatic rings. The molecule has 1 aliphatic heterocycles. The molecule has 0 spiro atoms. The first kappa shape index (κ1) is 8.62. The van der Waals surface area contributed by atoms with Gasteiger partial charge in [0.25, 0.3) is 0 Å². The van der Waals surface area contributed by atoms with Crippen molar-refractivity contribution in [2.45, 2.75) is 4.95 Å². The van der Waals surface area contributed by atoms with E-state index in [-0.39, 0.29) is 11.7 Å². The van der Waals surface area contributed by atoms with Gasteiger partial charge in [0, 0.05) is 7.11 Å². The normalized spacial score (nSPS) is 22.4. The van der Waals surface area contributed by atoms with Crippen molar-refractivity contribution in [3.63, 3.8) is 0 Å². The molecule has 0 saturated heterocycles. The summed E-state index contributed by atoms with van der Waals surface area (Å²) >= 11 is 3.37. The van der Waals surface area contributed by atoms with Crippen LogP contribution >= 0.6 is 15.9 Å². The first-order valence-electron chi connectivity index (χ1n) is 3.23. The molecular formula is C7H10BrNO2. The zero-order valence-electron chi connectivity index (χ0n) is 6.21. The number of rotatable bonds is 3. The largest absolute Gasteiger partial charge is 0.469 e. The highest BCUT2D eigenvalue weighted by molar-refractivity contribution is 9.09. The van der Waals surface area contributed by atoms with Crippen LogP contribution in [-0.4, -0.2) is 18.9 Å². The summed E-state index contributed by atoms with van der Waals surface area (Å²) < 4.78 is 9.98. The average Bonchev–Trinajstić information content (AvgIpc) is 2.03. The molecule has 1 heterocycles. The van der Waals surface area contributed by atoms with Gasteiger partial charge in [-0.1, -0.05) is 15.9 Å². The third-order valence-electron chi connectivity index (χ3n) is 1.19. The molecule has 3 nitrogen and oxygen atoms in total.